The summed E-state index contributed by atoms with van der Waals surface area (Å²) in [5.41, 5.74) is 2.35. The molecule has 1 amide bonds. The van der Waals surface area contributed by atoms with Crippen molar-refractivity contribution in [2.45, 2.75) is 20.1 Å². The summed E-state index contributed by atoms with van der Waals surface area (Å²) in [6.07, 6.45) is 0. The fourth-order valence-electron chi connectivity index (χ4n) is 1.80. The van der Waals surface area contributed by atoms with Crippen LogP contribution in [0, 0.1) is 0 Å². The van der Waals surface area contributed by atoms with Gasteiger partial charge in [-0.2, -0.15) is 0 Å². The molecule has 114 valence electrons. The zero-order valence-electron chi connectivity index (χ0n) is 12.1. The van der Waals surface area contributed by atoms with Gasteiger partial charge < -0.3 is 10.1 Å². The Morgan fingerprint density at radius 1 is 1.00 bits per heavy atom. The number of amides is 1. The van der Waals surface area contributed by atoms with Crippen LogP contribution in [0.5, 0.6) is 0 Å². The highest BCUT2D eigenvalue weighted by Gasteiger charge is 2.07. The molecular formula is C17H16BrNO3. The van der Waals surface area contributed by atoms with Crippen LogP contribution in [0.3, 0.4) is 0 Å². The van der Waals surface area contributed by atoms with E-state index in [9.17, 15) is 9.59 Å². The Labute approximate surface area is 137 Å². The Bertz CT molecular complexity index is 651. The SMILES string of the molecule is CC(=O)NCc1ccc(C(=O)OCc2ccc(Br)cc2)cc1. The van der Waals surface area contributed by atoms with Crippen LogP contribution >= 0.6 is 15.9 Å². The highest BCUT2D eigenvalue weighted by atomic mass is 79.9. The van der Waals surface area contributed by atoms with Crippen LogP contribution in [-0.2, 0) is 22.7 Å². The minimum Gasteiger partial charge on any atom is -0.457 e. The summed E-state index contributed by atoms with van der Waals surface area (Å²) in [4.78, 5) is 22.8. The first kappa shape index (κ1) is 16.2. The zero-order valence-corrected chi connectivity index (χ0v) is 13.7. The Balaban J connectivity index is 1.89. The van der Waals surface area contributed by atoms with Crippen LogP contribution in [0.2, 0.25) is 0 Å². The first-order valence-electron chi connectivity index (χ1n) is 6.79. The average molecular weight is 362 g/mol. The lowest BCUT2D eigenvalue weighted by Crippen LogP contribution is -2.18. The highest BCUT2D eigenvalue weighted by molar-refractivity contribution is 9.10. The van der Waals surface area contributed by atoms with E-state index in [4.69, 9.17) is 4.74 Å². The first-order valence-corrected chi connectivity index (χ1v) is 7.59. The molecule has 0 aliphatic heterocycles. The van der Waals surface area contributed by atoms with E-state index in [2.05, 4.69) is 21.2 Å². The van der Waals surface area contributed by atoms with Crippen molar-refractivity contribution in [3.8, 4) is 0 Å². The van der Waals surface area contributed by atoms with Gasteiger partial charge in [-0.1, -0.05) is 40.2 Å². The fourth-order valence-corrected chi connectivity index (χ4v) is 2.06. The second-order valence-electron chi connectivity index (χ2n) is 4.81. The second kappa shape index (κ2) is 7.75. The predicted octanol–water partition coefficient (Wildman–Crippen LogP) is 3.44. The van der Waals surface area contributed by atoms with Crippen molar-refractivity contribution in [1.82, 2.24) is 5.32 Å². The van der Waals surface area contributed by atoms with Gasteiger partial charge in [0.2, 0.25) is 5.91 Å². The number of ether oxygens (including phenoxy) is 1. The summed E-state index contributed by atoms with van der Waals surface area (Å²) >= 11 is 3.36. The largest absolute Gasteiger partial charge is 0.457 e. The molecule has 1 N–H and O–H groups in total. The zero-order chi connectivity index (χ0) is 15.9. The molecule has 0 heterocycles. The van der Waals surface area contributed by atoms with Gasteiger partial charge in [0.05, 0.1) is 5.56 Å². The third-order valence-electron chi connectivity index (χ3n) is 3.01. The standard InChI is InChI=1S/C17H16BrNO3/c1-12(20)19-10-13-2-6-15(7-3-13)17(21)22-11-14-4-8-16(18)9-5-14/h2-9H,10-11H2,1H3,(H,19,20). The summed E-state index contributed by atoms with van der Waals surface area (Å²) in [5.74, 6) is -0.452. The number of hydrogen-bond acceptors (Lipinski definition) is 3. The molecule has 0 aliphatic carbocycles. The summed E-state index contributed by atoms with van der Waals surface area (Å²) in [6.45, 7) is 2.15. The highest BCUT2D eigenvalue weighted by Crippen LogP contribution is 2.12. The summed E-state index contributed by atoms with van der Waals surface area (Å²) in [6, 6.07) is 14.6. The molecule has 5 heteroatoms. The number of rotatable bonds is 5. The maximum absolute atomic E-state index is 12.0. The normalized spacial score (nSPS) is 10.1. The van der Waals surface area contributed by atoms with Gasteiger partial charge in [-0.15, -0.1) is 0 Å². The topological polar surface area (TPSA) is 55.4 Å². The smallest absolute Gasteiger partial charge is 0.338 e. The maximum atomic E-state index is 12.0. The Hall–Kier alpha value is -2.14. The van der Waals surface area contributed by atoms with Crippen molar-refractivity contribution in [3.63, 3.8) is 0 Å². The molecule has 0 unspecified atom stereocenters. The molecule has 0 spiro atoms. The molecule has 2 rings (SSSR count). The molecule has 0 aliphatic rings. The molecule has 0 saturated heterocycles. The van der Waals surface area contributed by atoms with E-state index in [1.807, 2.05) is 24.3 Å². The molecule has 2 aromatic rings. The molecule has 0 atom stereocenters. The number of benzene rings is 2. The van der Waals surface area contributed by atoms with Crippen LogP contribution in [0.25, 0.3) is 0 Å². The summed E-state index contributed by atoms with van der Waals surface area (Å²) in [7, 11) is 0. The van der Waals surface area contributed by atoms with Gasteiger partial charge in [0.15, 0.2) is 0 Å². The van der Waals surface area contributed by atoms with Crippen LogP contribution in [0.15, 0.2) is 53.0 Å². The molecule has 4 nitrogen and oxygen atoms in total. The fraction of sp³-hybridized carbons (Fsp3) is 0.176. The number of hydrogen-bond donors (Lipinski definition) is 1. The maximum Gasteiger partial charge on any atom is 0.338 e. The van der Waals surface area contributed by atoms with Crippen molar-refractivity contribution in [1.29, 1.82) is 0 Å². The molecule has 0 saturated carbocycles. The van der Waals surface area contributed by atoms with Crippen molar-refractivity contribution >= 4 is 27.8 Å². The van der Waals surface area contributed by atoms with Gasteiger partial charge in [0.1, 0.15) is 6.61 Å². The third kappa shape index (κ3) is 5.00. The van der Waals surface area contributed by atoms with Crippen LogP contribution < -0.4 is 5.32 Å². The summed E-state index contributed by atoms with van der Waals surface area (Å²) in [5, 5.41) is 2.70. The second-order valence-corrected chi connectivity index (χ2v) is 5.72. The first-order chi connectivity index (χ1) is 10.5. The Morgan fingerprint density at radius 2 is 1.59 bits per heavy atom. The van der Waals surface area contributed by atoms with E-state index >= 15 is 0 Å². The van der Waals surface area contributed by atoms with Gasteiger partial charge in [-0.05, 0) is 35.4 Å². The van der Waals surface area contributed by atoms with Crippen molar-refractivity contribution in [2.75, 3.05) is 0 Å². The van der Waals surface area contributed by atoms with E-state index in [-0.39, 0.29) is 18.5 Å². The molecule has 22 heavy (non-hydrogen) atoms. The minimum absolute atomic E-state index is 0.0852. The lowest BCUT2D eigenvalue weighted by Gasteiger charge is -2.06. The van der Waals surface area contributed by atoms with Crippen molar-refractivity contribution in [2.24, 2.45) is 0 Å². The van der Waals surface area contributed by atoms with Gasteiger partial charge in [-0.3, -0.25) is 4.79 Å². The molecule has 0 bridgehead atoms. The summed E-state index contributed by atoms with van der Waals surface area (Å²) < 4.78 is 6.25. The van der Waals surface area contributed by atoms with E-state index in [1.54, 1.807) is 24.3 Å². The molecular weight excluding hydrogens is 346 g/mol. The number of carbonyl (C=O) groups excluding carboxylic acids is 2. The Kier molecular flexibility index (Phi) is 5.72. The minimum atomic E-state index is -0.367. The average Bonchev–Trinajstić information content (AvgIpc) is 2.52. The van der Waals surface area contributed by atoms with E-state index < -0.39 is 0 Å². The number of esters is 1. The molecule has 0 fully saturated rings. The lowest BCUT2D eigenvalue weighted by atomic mass is 10.1. The van der Waals surface area contributed by atoms with Gasteiger partial charge in [-0.25, -0.2) is 4.79 Å². The van der Waals surface area contributed by atoms with Crippen molar-refractivity contribution in [3.05, 3.63) is 69.7 Å². The van der Waals surface area contributed by atoms with Gasteiger partial charge in [0, 0.05) is 17.9 Å². The number of halogens is 1. The van der Waals surface area contributed by atoms with Crippen LogP contribution in [0.1, 0.15) is 28.4 Å². The quantitative estimate of drug-likeness (QED) is 0.829. The molecule has 2 aromatic carbocycles. The van der Waals surface area contributed by atoms with Crippen LogP contribution in [0.4, 0.5) is 0 Å². The van der Waals surface area contributed by atoms with Crippen molar-refractivity contribution < 1.29 is 14.3 Å². The van der Waals surface area contributed by atoms with E-state index in [1.165, 1.54) is 6.92 Å². The third-order valence-corrected chi connectivity index (χ3v) is 3.54. The lowest BCUT2D eigenvalue weighted by molar-refractivity contribution is -0.119. The Morgan fingerprint density at radius 3 is 2.18 bits per heavy atom. The molecule has 0 radical (unpaired) electrons. The van der Waals surface area contributed by atoms with E-state index in [0.29, 0.717) is 12.1 Å². The van der Waals surface area contributed by atoms with Gasteiger partial charge >= 0.3 is 5.97 Å². The van der Waals surface area contributed by atoms with Gasteiger partial charge in [0.25, 0.3) is 0 Å². The monoisotopic (exact) mass is 361 g/mol. The molecule has 0 aromatic heterocycles. The number of nitrogens with one attached hydrogen (secondary N) is 1. The number of carbonyl (C=O) groups is 2. The van der Waals surface area contributed by atoms with E-state index in [0.717, 1.165) is 15.6 Å². The predicted molar refractivity (Wildman–Crippen MR) is 87.2 cm³/mol. The van der Waals surface area contributed by atoms with Crippen LogP contribution in [-0.4, -0.2) is 11.9 Å².